The van der Waals surface area contributed by atoms with E-state index in [1.807, 2.05) is 38.1 Å². The first-order chi connectivity index (χ1) is 14.9. The zero-order valence-corrected chi connectivity index (χ0v) is 18.1. The lowest BCUT2D eigenvalue weighted by atomic mass is 9.75. The SMILES string of the molecule is Cc1ccc(N2C(=O)[C@H]3[C@H]4CCCN4[C@]4(C(=O)Nc5c(Cl)cc(C)cc54)[C@H]3C2=O)cc1. The molecule has 1 spiro atoms. The van der Waals surface area contributed by atoms with Gasteiger partial charge in [0.25, 0.3) is 5.91 Å². The molecule has 0 unspecified atom stereocenters. The molecule has 3 amide bonds. The second kappa shape index (κ2) is 6.17. The lowest BCUT2D eigenvalue weighted by Gasteiger charge is -2.36. The number of nitrogens with one attached hydrogen (secondary N) is 1. The molecule has 158 valence electrons. The quantitative estimate of drug-likeness (QED) is 0.697. The molecule has 6 nitrogen and oxygen atoms in total. The van der Waals surface area contributed by atoms with E-state index in [0.717, 1.165) is 29.5 Å². The number of fused-ring (bicyclic) bond motifs is 7. The van der Waals surface area contributed by atoms with Crippen molar-refractivity contribution in [3.63, 3.8) is 0 Å². The topological polar surface area (TPSA) is 69.7 Å². The summed E-state index contributed by atoms with van der Waals surface area (Å²) in [6, 6.07) is 11.0. The van der Waals surface area contributed by atoms with Crippen LogP contribution in [0.15, 0.2) is 36.4 Å². The van der Waals surface area contributed by atoms with E-state index >= 15 is 0 Å². The molecule has 7 heteroatoms. The van der Waals surface area contributed by atoms with Crippen molar-refractivity contribution in [1.29, 1.82) is 0 Å². The monoisotopic (exact) mass is 435 g/mol. The highest BCUT2D eigenvalue weighted by molar-refractivity contribution is 6.35. The van der Waals surface area contributed by atoms with E-state index in [2.05, 4.69) is 10.2 Å². The summed E-state index contributed by atoms with van der Waals surface area (Å²) < 4.78 is 0. The number of hydrogen-bond acceptors (Lipinski definition) is 4. The van der Waals surface area contributed by atoms with Gasteiger partial charge >= 0.3 is 0 Å². The maximum absolute atomic E-state index is 13.9. The van der Waals surface area contributed by atoms with Gasteiger partial charge in [-0.1, -0.05) is 35.4 Å². The van der Waals surface area contributed by atoms with Crippen LogP contribution in [0.1, 0.15) is 29.5 Å². The van der Waals surface area contributed by atoms with Gasteiger partial charge in [0.15, 0.2) is 0 Å². The van der Waals surface area contributed by atoms with Crippen molar-refractivity contribution < 1.29 is 14.4 Å². The fourth-order valence-electron chi connectivity index (χ4n) is 6.34. The summed E-state index contributed by atoms with van der Waals surface area (Å²) in [6.07, 6.45) is 1.69. The second-order valence-corrected chi connectivity index (χ2v) is 9.55. The van der Waals surface area contributed by atoms with Crippen molar-refractivity contribution in [3.8, 4) is 0 Å². The first-order valence-corrected chi connectivity index (χ1v) is 11.1. The molecule has 3 fully saturated rings. The number of amides is 3. The van der Waals surface area contributed by atoms with Gasteiger partial charge in [0.1, 0.15) is 5.54 Å². The van der Waals surface area contributed by atoms with E-state index < -0.39 is 17.4 Å². The minimum atomic E-state index is -1.19. The van der Waals surface area contributed by atoms with Crippen LogP contribution in [-0.4, -0.2) is 35.2 Å². The molecular formula is C24H22ClN3O3. The molecule has 4 aliphatic rings. The number of rotatable bonds is 1. The van der Waals surface area contributed by atoms with Gasteiger partial charge in [-0.3, -0.25) is 19.3 Å². The van der Waals surface area contributed by atoms with E-state index in [0.29, 0.717) is 22.9 Å². The Kier molecular flexibility index (Phi) is 3.79. The largest absolute Gasteiger partial charge is 0.323 e. The molecule has 31 heavy (non-hydrogen) atoms. The third-order valence-electron chi connectivity index (χ3n) is 7.49. The summed E-state index contributed by atoms with van der Waals surface area (Å²) in [5.74, 6) is -2.04. The molecular weight excluding hydrogens is 414 g/mol. The molecule has 0 aromatic heterocycles. The van der Waals surface area contributed by atoms with Crippen LogP contribution < -0.4 is 10.2 Å². The highest BCUT2D eigenvalue weighted by Crippen LogP contribution is 2.61. The van der Waals surface area contributed by atoms with Gasteiger partial charge in [0.05, 0.1) is 28.2 Å². The van der Waals surface area contributed by atoms with Gasteiger partial charge in [0.2, 0.25) is 11.8 Å². The van der Waals surface area contributed by atoms with E-state index in [-0.39, 0.29) is 23.8 Å². The van der Waals surface area contributed by atoms with Crippen LogP contribution in [0.4, 0.5) is 11.4 Å². The molecule has 4 heterocycles. The fourth-order valence-corrected chi connectivity index (χ4v) is 6.66. The molecule has 2 aromatic carbocycles. The predicted octanol–water partition coefficient (Wildman–Crippen LogP) is 3.39. The first kappa shape index (κ1) is 19.0. The lowest BCUT2D eigenvalue weighted by Crippen LogP contribution is -2.54. The van der Waals surface area contributed by atoms with Crippen molar-refractivity contribution in [2.24, 2.45) is 11.8 Å². The maximum Gasteiger partial charge on any atom is 0.250 e. The van der Waals surface area contributed by atoms with Crippen molar-refractivity contribution in [1.82, 2.24) is 4.90 Å². The Balaban J connectivity index is 1.57. The number of nitrogens with zero attached hydrogens (tertiary/aromatic N) is 2. The van der Waals surface area contributed by atoms with E-state index in [1.54, 1.807) is 12.1 Å². The average Bonchev–Trinajstić information content (AvgIpc) is 3.42. The highest BCUT2D eigenvalue weighted by Gasteiger charge is 2.74. The van der Waals surface area contributed by atoms with E-state index in [1.165, 1.54) is 4.90 Å². The van der Waals surface area contributed by atoms with E-state index in [4.69, 9.17) is 11.6 Å². The minimum Gasteiger partial charge on any atom is -0.323 e. The molecule has 4 aliphatic heterocycles. The Morgan fingerprint density at radius 3 is 2.52 bits per heavy atom. The number of imide groups is 1. The zero-order chi connectivity index (χ0) is 21.7. The van der Waals surface area contributed by atoms with Crippen LogP contribution >= 0.6 is 11.6 Å². The first-order valence-electron chi connectivity index (χ1n) is 10.7. The Bertz CT molecular complexity index is 1180. The molecule has 2 aromatic rings. The maximum atomic E-state index is 13.9. The Morgan fingerprint density at radius 2 is 1.77 bits per heavy atom. The van der Waals surface area contributed by atoms with Crippen molar-refractivity contribution in [3.05, 3.63) is 58.1 Å². The molecule has 1 N–H and O–H groups in total. The molecule has 0 radical (unpaired) electrons. The van der Waals surface area contributed by atoms with Gasteiger partial charge in [0, 0.05) is 11.6 Å². The zero-order valence-electron chi connectivity index (χ0n) is 17.3. The van der Waals surface area contributed by atoms with Crippen LogP contribution in [0.5, 0.6) is 0 Å². The summed E-state index contributed by atoms with van der Waals surface area (Å²) in [4.78, 5) is 44.6. The lowest BCUT2D eigenvalue weighted by molar-refractivity contribution is -0.135. The fraction of sp³-hybridized carbons (Fsp3) is 0.375. The number of carbonyl (C=O) groups excluding carboxylic acids is 3. The Hall–Kier alpha value is -2.70. The molecule has 4 atom stereocenters. The number of aryl methyl sites for hydroxylation is 2. The minimum absolute atomic E-state index is 0.132. The number of anilines is 2. The average molecular weight is 436 g/mol. The number of benzene rings is 2. The molecule has 6 rings (SSSR count). The summed E-state index contributed by atoms with van der Waals surface area (Å²) >= 11 is 6.50. The normalized spacial score (nSPS) is 31.4. The summed E-state index contributed by atoms with van der Waals surface area (Å²) in [5.41, 5.74) is 2.65. The van der Waals surface area contributed by atoms with Crippen LogP contribution in [0.2, 0.25) is 5.02 Å². The second-order valence-electron chi connectivity index (χ2n) is 9.14. The molecule has 0 bridgehead atoms. The smallest absolute Gasteiger partial charge is 0.250 e. The van der Waals surface area contributed by atoms with Crippen LogP contribution in [0, 0.1) is 25.7 Å². The van der Waals surface area contributed by atoms with Crippen LogP contribution in [0.3, 0.4) is 0 Å². The van der Waals surface area contributed by atoms with Crippen LogP contribution in [0.25, 0.3) is 0 Å². The summed E-state index contributed by atoms with van der Waals surface area (Å²) in [5, 5.41) is 3.42. The van der Waals surface area contributed by atoms with Gasteiger partial charge in [-0.05, 0) is 57.0 Å². The standard InChI is InChI=1S/C24H22ClN3O3/c1-12-5-7-14(8-6-12)28-21(29)18-17-4-3-9-27(17)24(19(18)22(28)30)15-10-13(2)11-16(25)20(15)26-23(24)31/h5-8,10-11,17-19H,3-4,9H2,1-2H3,(H,26,31)/t17-,18+,19-,24+/m1/s1. The summed E-state index contributed by atoms with van der Waals surface area (Å²) in [7, 11) is 0. The number of carbonyl (C=O) groups is 3. The van der Waals surface area contributed by atoms with Gasteiger partial charge < -0.3 is 5.32 Å². The predicted molar refractivity (Wildman–Crippen MR) is 117 cm³/mol. The number of halogens is 1. The third-order valence-corrected chi connectivity index (χ3v) is 7.79. The number of hydrogen-bond donors (Lipinski definition) is 1. The van der Waals surface area contributed by atoms with Crippen molar-refractivity contribution in [2.45, 2.75) is 38.3 Å². The van der Waals surface area contributed by atoms with Gasteiger partial charge in [-0.15, -0.1) is 0 Å². The van der Waals surface area contributed by atoms with Crippen molar-refractivity contribution in [2.75, 3.05) is 16.8 Å². The Morgan fingerprint density at radius 1 is 1.03 bits per heavy atom. The van der Waals surface area contributed by atoms with Gasteiger partial charge in [-0.25, -0.2) is 4.90 Å². The van der Waals surface area contributed by atoms with E-state index in [9.17, 15) is 14.4 Å². The summed E-state index contributed by atoms with van der Waals surface area (Å²) in [6.45, 7) is 4.57. The third kappa shape index (κ3) is 2.19. The van der Waals surface area contributed by atoms with Gasteiger partial charge in [-0.2, -0.15) is 0 Å². The highest BCUT2D eigenvalue weighted by atomic mass is 35.5. The van der Waals surface area contributed by atoms with Crippen molar-refractivity contribution >= 4 is 40.7 Å². The Labute approximate surface area is 185 Å². The van der Waals surface area contributed by atoms with Crippen LogP contribution in [-0.2, 0) is 19.9 Å². The molecule has 0 saturated carbocycles. The molecule has 3 saturated heterocycles. The molecule has 0 aliphatic carbocycles.